The molecule has 1 amide bonds. The third-order valence-corrected chi connectivity index (χ3v) is 6.12. The van der Waals surface area contributed by atoms with E-state index in [9.17, 15) is 13.2 Å². The van der Waals surface area contributed by atoms with Crippen molar-refractivity contribution in [3.63, 3.8) is 0 Å². The minimum absolute atomic E-state index is 0.0505. The molecule has 140 valence electrons. The molecule has 1 N–H and O–H groups in total. The highest BCUT2D eigenvalue weighted by molar-refractivity contribution is 7.87. The number of carbonyl (C=O) groups excluding carboxylic acids is 1. The van der Waals surface area contributed by atoms with Crippen molar-refractivity contribution in [3.8, 4) is 0 Å². The minimum atomic E-state index is -3.55. The average Bonchev–Trinajstić information content (AvgIpc) is 2.97. The third-order valence-electron chi connectivity index (χ3n) is 4.56. The highest BCUT2D eigenvalue weighted by Gasteiger charge is 2.39. The molecule has 2 heterocycles. The summed E-state index contributed by atoms with van der Waals surface area (Å²) >= 11 is 0. The Labute approximate surface area is 149 Å². The predicted molar refractivity (Wildman–Crippen MR) is 95.2 cm³/mol. The molecule has 1 aromatic rings. The highest BCUT2D eigenvalue weighted by atomic mass is 32.2. The van der Waals surface area contributed by atoms with Gasteiger partial charge in [-0.05, 0) is 11.8 Å². The number of rotatable bonds is 6. The molecular formula is C16H27N5O3S. The third kappa shape index (κ3) is 4.53. The molecule has 0 aliphatic carbocycles. The fraction of sp³-hybridized carbons (Fsp3) is 0.688. The lowest BCUT2D eigenvalue weighted by molar-refractivity contribution is 0.0782. The van der Waals surface area contributed by atoms with Crippen LogP contribution in [0.3, 0.4) is 0 Å². The Balaban J connectivity index is 2.16. The lowest BCUT2D eigenvalue weighted by Gasteiger charge is -2.24. The number of hydrogen-bond donors (Lipinski definition) is 1. The SMILES string of the molecule is CCc1ncc(C(=O)N2C[C@@H](NS(=O)(=O)N(C)C)[C@H](C(C)C)C2)cn1. The summed E-state index contributed by atoms with van der Waals surface area (Å²) in [6, 6.07) is -0.313. The molecule has 2 rings (SSSR count). The van der Waals surface area contributed by atoms with Crippen LogP contribution in [0.15, 0.2) is 12.4 Å². The van der Waals surface area contributed by atoms with E-state index in [1.54, 1.807) is 4.90 Å². The fourth-order valence-corrected chi connectivity index (χ4v) is 3.76. The topological polar surface area (TPSA) is 95.5 Å². The van der Waals surface area contributed by atoms with Crippen LogP contribution in [0.5, 0.6) is 0 Å². The van der Waals surface area contributed by atoms with Crippen molar-refractivity contribution in [1.29, 1.82) is 0 Å². The van der Waals surface area contributed by atoms with Crippen molar-refractivity contribution in [2.75, 3.05) is 27.2 Å². The van der Waals surface area contributed by atoms with Crippen molar-refractivity contribution < 1.29 is 13.2 Å². The summed E-state index contributed by atoms with van der Waals surface area (Å²) in [6.07, 6.45) is 3.79. The average molecular weight is 369 g/mol. The largest absolute Gasteiger partial charge is 0.337 e. The molecule has 25 heavy (non-hydrogen) atoms. The molecular weight excluding hydrogens is 342 g/mol. The quantitative estimate of drug-likeness (QED) is 0.789. The van der Waals surface area contributed by atoms with E-state index in [0.29, 0.717) is 30.9 Å². The molecule has 1 aliphatic rings. The molecule has 0 aromatic carbocycles. The molecule has 1 aromatic heterocycles. The van der Waals surface area contributed by atoms with Crippen molar-refractivity contribution in [1.82, 2.24) is 23.9 Å². The second-order valence-electron chi connectivity index (χ2n) is 6.87. The number of amides is 1. The number of aryl methyl sites for hydroxylation is 1. The molecule has 2 atom stereocenters. The standard InChI is InChI=1S/C16H27N5O3S/c1-6-15-17-7-12(8-18-15)16(22)21-9-13(11(2)3)14(10-21)19-25(23,24)20(4)5/h7-8,11,13-14,19H,6,9-10H2,1-5H3/t13-,14+/m0/s1. The Morgan fingerprint density at radius 2 is 1.92 bits per heavy atom. The molecule has 0 radical (unpaired) electrons. The van der Waals surface area contributed by atoms with Crippen LogP contribution in [-0.2, 0) is 16.6 Å². The predicted octanol–water partition coefficient (Wildman–Crippen LogP) is 0.532. The molecule has 1 fully saturated rings. The normalized spacial score (nSPS) is 21.3. The maximum atomic E-state index is 12.7. The number of likely N-dealkylation sites (tertiary alicyclic amines) is 1. The number of aromatic nitrogens is 2. The second kappa shape index (κ2) is 7.76. The fourth-order valence-electron chi connectivity index (χ4n) is 2.92. The lowest BCUT2D eigenvalue weighted by atomic mass is 9.92. The molecule has 0 saturated carbocycles. The van der Waals surface area contributed by atoms with Crippen LogP contribution in [0.2, 0.25) is 0 Å². The Bertz CT molecular complexity index is 703. The molecule has 1 aliphatic heterocycles. The smallest absolute Gasteiger partial charge is 0.279 e. The summed E-state index contributed by atoms with van der Waals surface area (Å²) < 4.78 is 28.2. The van der Waals surface area contributed by atoms with Crippen LogP contribution in [0.1, 0.15) is 37.0 Å². The molecule has 0 spiro atoms. The molecule has 0 bridgehead atoms. The van der Waals surface area contributed by atoms with Crippen LogP contribution < -0.4 is 4.72 Å². The van der Waals surface area contributed by atoms with Gasteiger partial charge < -0.3 is 4.90 Å². The van der Waals surface area contributed by atoms with Gasteiger partial charge in [0.25, 0.3) is 16.1 Å². The summed E-state index contributed by atoms with van der Waals surface area (Å²) in [5.74, 6) is 0.815. The van der Waals surface area contributed by atoms with Gasteiger partial charge in [-0.3, -0.25) is 4.79 Å². The van der Waals surface area contributed by atoms with Gasteiger partial charge >= 0.3 is 0 Å². The summed E-state index contributed by atoms with van der Waals surface area (Å²) in [4.78, 5) is 22.7. The first kappa shape index (κ1) is 19.7. The lowest BCUT2D eigenvalue weighted by Crippen LogP contribution is -2.46. The van der Waals surface area contributed by atoms with Gasteiger partial charge in [-0.25, -0.2) is 9.97 Å². The van der Waals surface area contributed by atoms with Crippen LogP contribution in [0, 0.1) is 11.8 Å². The van der Waals surface area contributed by atoms with Gasteiger partial charge in [-0.2, -0.15) is 17.4 Å². The van der Waals surface area contributed by atoms with E-state index < -0.39 is 10.2 Å². The number of nitrogens with one attached hydrogen (secondary N) is 1. The summed E-state index contributed by atoms with van der Waals surface area (Å²) in [5, 5.41) is 0. The van der Waals surface area contributed by atoms with E-state index in [-0.39, 0.29) is 23.8 Å². The number of nitrogens with zero attached hydrogens (tertiary/aromatic N) is 4. The van der Waals surface area contributed by atoms with Crippen molar-refractivity contribution >= 4 is 16.1 Å². The van der Waals surface area contributed by atoms with E-state index in [4.69, 9.17) is 0 Å². The number of carbonyl (C=O) groups is 1. The van der Waals surface area contributed by atoms with Gasteiger partial charge in [-0.15, -0.1) is 0 Å². The summed E-state index contributed by atoms with van der Waals surface area (Å²) in [5.41, 5.74) is 0.427. The molecule has 1 saturated heterocycles. The zero-order valence-corrected chi connectivity index (χ0v) is 16.2. The van der Waals surface area contributed by atoms with E-state index in [0.717, 1.165) is 4.31 Å². The first-order valence-electron chi connectivity index (χ1n) is 8.45. The van der Waals surface area contributed by atoms with Gasteiger partial charge in [0, 0.05) is 52.0 Å². The van der Waals surface area contributed by atoms with Crippen molar-refractivity contribution in [2.45, 2.75) is 33.2 Å². The maximum absolute atomic E-state index is 12.7. The van der Waals surface area contributed by atoms with E-state index in [1.165, 1.54) is 26.5 Å². The first-order valence-corrected chi connectivity index (χ1v) is 9.89. The first-order chi connectivity index (χ1) is 11.7. The van der Waals surface area contributed by atoms with Crippen LogP contribution in [0.25, 0.3) is 0 Å². The second-order valence-corrected chi connectivity index (χ2v) is 8.79. The molecule has 9 heteroatoms. The van der Waals surface area contributed by atoms with E-state index >= 15 is 0 Å². The van der Waals surface area contributed by atoms with E-state index in [1.807, 2.05) is 20.8 Å². The highest BCUT2D eigenvalue weighted by Crippen LogP contribution is 2.26. The Morgan fingerprint density at radius 1 is 1.32 bits per heavy atom. The molecule has 0 unspecified atom stereocenters. The summed E-state index contributed by atoms with van der Waals surface area (Å²) in [7, 11) is -0.583. The minimum Gasteiger partial charge on any atom is -0.337 e. The van der Waals surface area contributed by atoms with Gasteiger partial charge in [0.2, 0.25) is 0 Å². The Morgan fingerprint density at radius 3 is 2.40 bits per heavy atom. The van der Waals surface area contributed by atoms with Gasteiger partial charge in [0.15, 0.2) is 0 Å². The monoisotopic (exact) mass is 369 g/mol. The Kier molecular flexibility index (Phi) is 6.12. The van der Waals surface area contributed by atoms with Gasteiger partial charge in [0.1, 0.15) is 5.82 Å². The molecule has 8 nitrogen and oxygen atoms in total. The number of hydrogen-bond acceptors (Lipinski definition) is 5. The zero-order chi connectivity index (χ0) is 18.8. The van der Waals surface area contributed by atoms with E-state index in [2.05, 4.69) is 14.7 Å². The van der Waals surface area contributed by atoms with Gasteiger partial charge in [-0.1, -0.05) is 20.8 Å². The van der Waals surface area contributed by atoms with Crippen molar-refractivity contribution in [2.24, 2.45) is 11.8 Å². The summed E-state index contributed by atoms with van der Waals surface area (Å²) in [6.45, 7) is 6.87. The van der Waals surface area contributed by atoms with Crippen LogP contribution >= 0.6 is 0 Å². The van der Waals surface area contributed by atoms with Crippen LogP contribution in [-0.4, -0.2) is 66.7 Å². The van der Waals surface area contributed by atoms with Gasteiger partial charge in [0.05, 0.1) is 5.56 Å². The van der Waals surface area contributed by atoms with Crippen molar-refractivity contribution in [3.05, 3.63) is 23.8 Å². The van der Waals surface area contributed by atoms with Crippen LogP contribution in [0.4, 0.5) is 0 Å². The maximum Gasteiger partial charge on any atom is 0.279 e. The zero-order valence-electron chi connectivity index (χ0n) is 15.4. The Hall–Kier alpha value is -1.58.